The molecular formula is C7H11NO2. The van der Waals surface area contributed by atoms with Gasteiger partial charge in [-0.3, -0.25) is 4.79 Å². The lowest BCUT2D eigenvalue weighted by molar-refractivity contribution is -0.150. The summed E-state index contributed by atoms with van der Waals surface area (Å²) in [6.45, 7) is 0. The van der Waals surface area contributed by atoms with Crippen molar-refractivity contribution >= 4 is 5.97 Å². The minimum atomic E-state index is -0.117. The fraction of sp³-hybridized carbons (Fsp3) is 0.857. The molecule has 2 saturated carbocycles. The molecule has 0 spiro atoms. The van der Waals surface area contributed by atoms with Crippen LogP contribution < -0.4 is 5.73 Å². The number of hydrogen-bond acceptors (Lipinski definition) is 3. The molecule has 2 aliphatic carbocycles. The van der Waals surface area contributed by atoms with Gasteiger partial charge in [0.2, 0.25) is 0 Å². The van der Waals surface area contributed by atoms with E-state index in [1.807, 2.05) is 0 Å². The first-order chi connectivity index (χ1) is 4.70. The number of fused-ring (bicyclic) bond motifs is 1. The van der Waals surface area contributed by atoms with E-state index in [-0.39, 0.29) is 17.4 Å². The van der Waals surface area contributed by atoms with Crippen molar-refractivity contribution in [2.24, 2.45) is 17.1 Å². The summed E-state index contributed by atoms with van der Waals surface area (Å²) >= 11 is 0. The average molecular weight is 141 g/mol. The third kappa shape index (κ3) is 0.475. The highest BCUT2D eigenvalue weighted by atomic mass is 16.5. The number of carbonyl (C=O) groups excluding carboxylic acids is 1. The van der Waals surface area contributed by atoms with Crippen molar-refractivity contribution in [2.75, 3.05) is 7.11 Å². The van der Waals surface area contributed by atoms with Crippen LogP contribution in [0.15, 0.2) is 0 Å². The third-order valence-electron chi connectivity index (χ3n) is 2.84. The zero-order chi connectivity index (χ0) is 7.35. The van der Waals surface area contributed by atoms with Crippen molar-refractivity contribution in [3.05, 3.63) is 0 Å². The Bertz CT molecular complexity index is 192. The highest BCUT2D eigenvalue weighted by Crippen LogP contribution is 2.67. The Balaban J connectivity index is 2.04. The summed E-state index contributed by atoms with van der Waals surface area (Å²) in [7, 11) is 1.44. The van der Waals surface area contributed by atoms with Gasteiger partial charge >= 0.3 is 5.97 Å². The van der Waals surface area contributed by atoms with E-state index in [9.17, 15) is 4.79 Å². The van der Waals surface area contributed by atoms with Crippen LogP contribution >= 0.6 is 0 Å². The summed E-state index contributed by atoms with van der Waals surface area (Å²) < 4.78 is 4.65. The predicted molar refractivity (Wildman–Crippen MR) is 35.1 cm³/mol. The van der Waals surface area contributed by atoms with Crippen molar-refractivity contribution in [3.8, 4) is 0 Å². The molecule has 0 aromatic rings. The molecule has 3 atom stereocenters. The monoisotopic (exact) mass is 141 g/mol. The Hall–Kier alpha value is -0.570. The van der Waals surface area contributed by atoms with Crippen LogP contribution in [0.5, 0.6) is 0 Å². The molecule has 2 N–H and O–H groups in total. The molecule has 0 aliphatic heterocycles. The highest BCUT2D eigenvalue weighted by molar-refractivity contribution is 5.82. The zero-order valence-corrected chi connectivity index (χ0v) is 5.96. The van der Waals surface area contributed by atoms with E-state index in [2.05, 4.69) is 4.74 Å². The minimum absolute atomic E-state index is 0.0563. The van der Waals surface area contributed by atoms with E-state index in [1.165, 1.54) is 7.11 Å². The van der Waals surface area contributed by atoms with Gasteiger partial charge in [-0.2, -0.15) is 0 Å². The zero-order valence-electron chi connectivity index (χ0n) is 5.96. The van der Waals surface area contributed by atoms with Gasteiger partial charge in [0.25, 0.3) is 0 Å². The van der Waals surface area contributed by atoms with Crippen LogP contribution in [-0.4, -0.2) is 19.1 Å². The van der Waals surface area contributed by atoms with Crippen LogP contribution in [-0.2, 0) is 9.53 Å². The summed E-state index contributed by atoms with van der Waals surface area (Å²) in [6, 6.07) is 0.263. The molecule has 3 heteroatoms. The maximum absolute atomic E-state index is 11.0. The summed E-state index contributed by atoms with van der Waals surface area (Å²) in [5.41, 5.74) is 5.52. The SMILES string of the molecule is COC(=O)[C@@]12C[C@@H](N)[C@@H]1C2. The number of hydrogen-bond donors (Lipinski definition) is 1. The Labute approximate surface area is 59.5 Å². The topological polar surface area (TPSA) is 52.3 Å². The molecule has 2 aliphatic rings. The second-order valence-electron chi connectivity index (χ2n) is 3.33. The maximum atomic E-state index is 11.0. The summed E-state index contributed by atoms with van der Waals surface area (Å²) in [5.74, 6) is 0.388. The molecule has 0 unspecified atom stereocenters. The molecule has 56 valence electrons. The Morgan fingerprint density at radius 2 is 2.40 bits per heavy atom. The summed E-state index contributed by atoms with van der Waals surface area (Å²) in [4.78, 5) is 11.0. The van der Waals surface area contributed by atoms with E-state index in [4.69, 9.17) is 5.73 Å². The van der Waals surface area contributed by atoms with Gasteiger partial charge in [0.15, 0.2) is 0 Å². The van der Waals surface area contributed by atoms with Gasteiger partial charge in [-0.05, 0) is 18.8 Å². The lowest BCUT2D eigenvalue weighted by Crippen LogP contribution is -2.42. The van der Waals surface area contributed by atoms with Crippen LogP contribution in [0.3, 0.4) is 0 Å². The number of ether oxygens (including phenoxy) is 1. The maximum Gasteiger partial charge on any atom is 0.312 e. The second-order valence-corrected chi connectivity index (χ2v) is 3.33. The van der Waals surface area contributed by atoms with Gasteiger partial charge in [0.05, 0.1) is 12.5 Å². The van der Waals surface area contributed by atoms with Crippen LogP contribution in [0.25, 0.3) is 0 Å². The van der Waals surface area contributed by atoms with Crippen molar-refractivity contribution < 1.29 is 9.53 Å². The van der Waals surface area contributed by atoms with Gasteiger partial charge in [0.1, 0.15) is 0 Å². The van der Waals surface area contributed by atoms with E-state index >= 15 is 0 Å². The lowest BCUT2D eigenvalue weighted by Gasteiger charge is -2.28. The molecule has 2 rings (SSSR count). The lowest BCUT2D eigenvalue weighted by atomic mass is 9.81. The first kappa shape index (κ1) is 6.16. The van der Waals surface area contributed by atoms with Gasteiger partial charge in [-0.15, -0.1) is 0 Å². The smallest absolute Gasteiger partial charge is 0.312 e. The van der Waals surface area contributed by atoms with Crippen molar-refractivity contribution in [1.82, 2.24) is 0 Å². The fourth-order valence-corrected chi connectivity index (χ4v) is 2.05. The number of methoxy groups -OCH3 is 1. The van der Waals surface area contributed by atoms with Crippen LogP contribution in [0.1, 0.15) is 12.8 Å². The molecule has 0 radical (unpaired) electrons. The third-order valence-corrected chi connectivity index (χ3v) is 2.84. The standard InChI is InChI=1S/C7H11NO2/c1-10-6(9)7-2-4(7)5(8)3-7/h4-5H,2-3,8H2,1H3/t4-,5+,7-/m0/s1. The van der Waals surface area contributed by atoms with Gasteiger partial charge in [0, 0.05) is 6.04 Å². The molecule has 0 bridgehead atoms. The number of rotatable bonds is 1. The van der Waals surface area contributed by atoms with Crippen LogP contribution in [0.4, 0.5) is 0 Å². The Kier molecular flexibility index (Phi) is 0.944. The quantitative estimate of drug-likeness (QED) is 0.519. The van der Waals surface area contributed by atoms with Crippen LogP contribution in [0, 0.1) is 11.3 Å². The van der Waals surface area contributed by atoms with E-state index in [0.717, 1.165) is 12.8 Å². The van der Waals surface area contributed by atoms with Gasteiger partial charge < -0.3 is 10.5 Å². The molecular weight excluding hydrogens is 130 g/mol. The molecule has 3 nitrogen and oxygen atoms in total. The molecule has 2 fully saturated rings. The predicted octanol–water partition coefficient (Wildman–Crippen LogP) is -0.103. The molecule has 10 heavy (non-hydrogen) atoms. The summed E-state index contributed by atoms with van der Waals surface area (Å²) in [5, 5.41) is 0. The molecule has 0 amide bonds. The van der Waals surface area contributed by atoms with E-state index in [0.29, 0.717) is 5.92 Å². The minimum Gasteiger partial charge on any atom is -0.469 e. The average Bonchev–Trinajstić information content (AvgIpc) is 2.55. The van der Waals surface area contributed by atoms with E-state index < -0.39 is 0 Å². The van der Waals surface area contributed by atoms with Crippen molar-refractivity contribution in [2.45, 2.75) is 18.9 Å². The Morgan fingerprint density at radius 3 is 2.70 bits per heavy atom. The molecule has 0 saturated heterocycles. The van der Waals surface area contributed by atoms with E-state index in [1.54, 1.807) is 0 Å². The molecule has 0 heterocycles. The van der Waals surface area contributed by atoms with Crippen LogP contribution in [0.2, 0.25) is 0 Å². The molecule has 0 aromatic carbocycles. The normalized spacial score (nSPS) is 49.0. The van der Waals surface area contributed by atoms with Crippen molar-refractivity contribution in [1.29, 1.82) is 0 Å². The van der Waals surface area contributed by atoms with Gasteiger partial charge in [-0.1, -0.05) is 0 Å². The van der Waals surface area contributed by atoms with Gasteiger partial charge in [-0.25, -0.2) is 0 Å². The highest BCUT2D eigenvalue weighted by Gasteiger charge is 2.71. The summed E-state index contributed by atoms with van der Waals surface area (Å²) in [6.07, 6.45) is 1.80. The first-order valence-corrected chi connectivity index (χ1v) is 3.55. The largest absolute Gasteiger partial charge is 0.469 e. The number of esters is 1. The Morgan fingerprint density at radius 1 is 1.70 bits per heavy atom. The molecule has 0 aromatic heterocycles. The second kappa shape index (κ2) is 1.53. The first-order valence-electron chi connectivity index (χ1n) is 3.55. The number of nitrogens with two attached hydrogens (primary N) is 1. The fourth-order valence-electron chi connectivity index (χ4n) is 2.05. The number of carbonyl (C=O) groups is 1. The van der Waals surface area contributed by atoms with Crippen molar-refractivity contribution in [3.63, 3.8) is 0 Å².